The van der Waals surface area contributed by atoms with E-state index in [4.69, 9.17) is 10.2 Å². The van der Waals surface area contributed by atoms with Gasteiger partial charge in [0, 0.05) is 13.0 Å². The summed E-state index contributed by atoms with van der Waals surface area (Å²) in [5.74, 6) is -6.24. The summed E-state index contributed by atoms with van der Waals surface area (Å²) in [4.78, 5) is 32.8. The van der Waals surface area contributed by atoms with Crippen molar-refractivity contribution in [3.63, 3.8) is 0 Å². The zero-order chi connectivity index (χ0) is 15.3. The average molecular weight is 287 g/mol. The van der Waals surface area contributed by atoms with Crippen molar-refractivity contribution in [2.75, 3.05) is 6.54 Å². The molecule has 0 heterocycles. The second-order valence-corrected chi connectivity index (χ2v) is 3.87. The lowest BCUT2D eigenvalue weighted by Crippen LogP contribution is -2.27. The summed E-state index contributed by atoms with van der Waals surface area (Å²) in [5, 5.41) is 19.5. The zero-order valence-corrected chi connectivity index (χ0v) is 10.2. The molecule has 0 saturated heterocycles. The molecule has 0 aromatic heterocycles. The Morgan fingerprint density at radius 1 is 1.05 bits per heavy atom. The van der Waals surface area contributed by atoms with Gasteiger partial charge in [-0.2, -0.15) is 0 Å². The van der Waals surface area contributed by atoms with Crippen molar-refractivity contribution >= 4 is 17.8 Å². The fraction of sp³-hybridized carbons (Fsp3) is 0.250. The number of carbonyl (C=O) groups is 3. The quantitative estimate of drug-likeness (QED) is 0.683. The number of benzene rings is 1. The van der Waals surface area contributed by atoms with E-state index in [0.29, 0.717) is 12.1 Å². The van der Waals surface area contributed by atoms with Crippen LogP contribution in [0.4, 0.5) is 8.78 Å². The van der Waals surface area contributed by atoms with Gasteiger partial charge in [0.25, 0.3) is 5.91 Å². The highest BCUT2D eigenvalue weighted by atomic mass is 19.2. The molecule has 0 unspecified atom stereocenters. The van der Waals surface area contributed by atoms with E-state index in [9.17, 15) is 23.2 Å². The first-order chi connectivity index (χ1) is 9.32. The van der Waals surface area contributed by atoms with Gasteiger partial charge in [-0.05, 0) is 18.6 Å². The predicted octanol–water partition coefficient (Wildman–Crippen LogP) is 1.26. The molecule has 6 nitrogen and oxygen atoms in total. The summed E-state index contributed by atoms with van der Waals surface area (Å²) in [7, 11) is 0. The topological polar surface area (TPSA) is 104 Å². The summed E-state index contributed by atoms with van der Waals surface area (Å²) in [5.41, 5.74) is -1.19. The Morgan fingerprint density at radius 3 is 2.10 bits per heavy atom. The summed E-state index contributed by atoms with van der Waals surface area (Å²) >= 11 is 0. The molecule has 0 aliphatic heterocycles. The van der Waals surface area contributed by atoms with Gasteiger partial charge in [-0.15, -0.1) is 0 Å². The molecule has 1 amide bonds. The molecular formula is C12H11F2NO5. The third-order valence-corrected chi connectivity index (χ3v) is 2.39. The normalized spacial score (nSPS) is 10.1. The molecule has 0 bridgehead atoms. The number of aliphatic carboxylic acids is 1. The van der Waals surface area contributed by atoms with Crippen LogP contribution in [0.3, 0.4) is 0 Å². The summed E-state index contributed by atoms with van der Waals surface area (Å²) < 4.78 is 26.0. The molecule has 0 spiro atoms. The van der Waals surface area contributed by atoms with Gasteiger partial charge in [0.05, 0.1) is 11.1 Å². The number of carbonyl (C=O) groups excluding carboxylic acids is 1. The van der Waals surface area contributed by atoms with Crippen molar-refractivity contribution in [1.29, 1.82) is 0 Å². The third-order valence-electron chi connectivity index (χ3n) is 2.39. The Labute approximate surface area is 112 Å². The van der Waals surface area contributed by atoms with Crippen molar-refractivity contribution in [3.05, 3.63) is 34.9 Å². The maximum absolute atomic E-state index is 13.1. The largest absolute Gasteiger partial charge is 0.481 e. The van der Waals surface area contributed by atoms with Crippen LogP contribution >= 0.6 is 0 Å². The zero-order valence-electron chi connectivity index (χ0n) is 10.2. The van der Waals surface area contributed by atoms with Crippen molar-refractivity contribution in [2.24, 2.45) is 0 Å². The molecule has 1 rings (SSSR count). The number of carboxylic acids is 2. The molecule has 8 heteroatoms. The van der Waals surface area contributed by atoms with Crippen LogP contribution in [0.15, 0.2) is 12.1 Å². The number of halogens is 2. The van der Waals surface area contributed by atoms with Crippen LogP contribution in [0.25, 0.3) is 0 Å². The number of rotatable bonds is 6. The first-order valence-electron chi connectivity index (χ1n) is 5.55. The van der Waals surface area contributed by atoms with Crippen molar-refractivity contribution < 1.29 is 33.4 Å². The minimum Gasteiger partial charge on any atom is -0.481 e. The van der Waals surface area contributed by atoms with E-state index in [2.05, 4.69) is 5.32 Å². The molecule has 0 atom stereocenters. The highest BCUT2D eigenvalue weighted by Gasteiger charge is 2.20. The highest BCUT2D eigenvalue weighted by Crippen LogP contribution is 2.15. The van der Waals surface area contributed by atoms with E-state index in [1.54, 1.807) is 0 Å². The van der Waals surface area contributed by atoms with Crippen LogP contribution in [0.2, 0.25) is 0 Å². The van der Waals surface area contributed by atoms with Gasteiger partial charge in [0.2, 0.25) is 0 Å². The predicted molar refractivity (Wildman–Crippen MR) is 62.5 cm³/mol. The molecule has 108 valence electrons. The van der Waals surface area contributed by atoms with Gasteiger partial charge >= 0.3 is 11.9 Å². The Hall–Kier alpha value is -2.51. The highest BCUT2D eigenvalue weighted by molar-refractivity contribution is 6.04. The van der Waals surface area contributed by atoms with E-state index >= 15 is 0 Å². The number of amides is 1. The first-order valence-corrected chi connectivity index (χ1v) is 5.55. The minimum atomic E-state index is -1.57. The van der Waals surface area contributed by atoms with Gasteiger partial charge in [-0.1, -0.05) is 0 Å². The van der Waals surface area contributed by atoms with E-state index in [0.717, 1.165) is 0 Å². The molecule has 0 aliphatic carbocycles. The molecule has 0 saturated carbocycles. The van der Waals surface area contributed by atoms with E-state index in [-0.39, 0.29) is 19.4 Å². The minimum absolute atomic E-state index is 0.0246. The van der Waals surface area contributed by atoms with E-state index in [1.807, 2.05) is 0 Å². The fourth-order valence-electron chi connectivity index (χ4n) is 1.45. The molecule has 0 radical (unpaired) electrons. The molecule has 1 aromatic carbocycles. The molecule has 0 aliphatic rings. The Morgan fingerprint density at radius 2 is 1.60 bits per heavy atom. The number of nitrogens with one attached hydrogen (secondary N) is 1. The lowest BCUT2D eigenvalue weighted by Gasteiger charge is -2.08. The Bertz CT molecular complexity index is 559. The SMILES string of the molecule is O=C(O)CCCNC(=O)c1cc(F)c(F)cc1C(=O)O. The number of hydrogen-bond acceptors (Lipinski definition) is 3. The Balaban J connectivity index is 2.84. The molecule has 20 heavy (non-hydrogen) atoms. The van der Waals surface area contributed by atoms with Crippen molar-refractivity contribution in [3.8, 4) is 0 Å². The van der Waals surface area contributed by atoms with Crippen LogP contribution < -0.4 is 5.32 Å². The number of hydrogen-bond donors (Lipinski definition) is 3. The maximum atomic E-state index is 13.1. The molecule has 0 fully saturated rings. The van der Waals surface area contributed by atoms with Crippen LogP contribution in [-0.4, -0.2) is 34.6 Å². The van der Waals surface area contributed by atoms with Gasteiger partial charge in [-0.25, -0.2) is 13.6 Å². The maximum Gasteiger partial charge on any atom is 0.336 e. The van der Waals surface area contributed by atoms with Crippen molar-refractivity contribution in [2.45, 2.75) is 12.8 Å². The van der Waals surface area contributed by atoms with Crippen molar-refractivity contribution in [1.82, 2.24) is 5.32 Å². The average Bonchev–Trinajstić information content (AvgIpc) is 2.36. The second kappa shape index (κ2) is 6.60. The van der Waals surface area contributed by atoms with Crippen LogP contribution in [0, 0.1) is 11.6 Å². The van der Waals surface area contributed by atoms with Gasteiger partial charge < -0.3 is 15.5 Å². The summed E-state index contributed by atoms with van der Waals surface area (Å²) in [6, 6.07) is 0.912. The van der Waals surface area contributed by atoms with Gasteiger partial charge in [0.1, 0.15) is 0 Å². The fourth-order valence-corrected chi connectivity index (χ4v) is 1.45. The first kappa shape index (κ1) is 15.5. The van der Waals surface area contributed by atoms with Gasteiger partial charge in [0.15, 0.2) is 11.6 Å². The van der Waals surface area contributed by atoms with Crippen LogP contribution in [0.5, 0.6) is 0 Å². The van der Waals surface area contributed by atoms with Gasteiger partial charge in [-0.3, -0.25) is 9.59 Å². The smallest absolute Gasteiger partial charge is 0.336 e. The standard InChI is InChI=1S/C12H11F2NO5/c13-8-4-6(7(12(19)20)5-9(8)14)11(18)15-3-1-2-10(16)17/h4-5H,1-3H2,(H,15,18)(H,16,17)(H,19,20). The second-order valence-electron chi connectivity index (χ2n) is 3.87. The molecule has 1 aromatic rings. The monoisotopic (exact) mass is 287 g/mol. The molecular weight excluding hydrogens is 276 g/mol. The number of carboxylic acid groups (broad SMARTS) is 2. The lowest BCUT2D eigenvalue weighted by atomic mass is 10.1. The Kier molecular flexibility index (Phi) is 5.13. The summed E-state index contributed by atoms with van der Waals surface area (Å²) in [6.45, 7) is -0.0246. The third kappa shape index (κ3) is 4.01. The van der Waals surface area contributed by atoms with E-state index < -0.39 is 40.6 Å². The van der Waals surface area contributed by atoms with Crippen LogP contribution in [0.1, 0.15) is 33.6 Å². The lowest BCUT2D eigenvalue weighted by molar-refractivity contribution is -0.137. The summed E-state index contributed by atoms with van der Waals surface area (Å²) in [6.07, 6.45) is -0.0446. The van der Waals surface area contributed by atoms with Crippen LogP contribution in [-0.2, 0) is 4.79 Å². The van der Waals surface area contributed by atoms with E-state index in [1.165, 1.54) is 0 Å². The molecule has 3 N–H and O–H groups in total. The number of aromatic carboxylic acids is 1.